The molecule has 0 bridgehead atoms. The lowest BCUT2D eigenvalue weighted by Gasteiger charge is -2.25. The summed E-state index contributed by atoms with van der Waals surface area (Å²) in [5, 5.41) is 19.4. The summed E-state index contributed by atoms with van der Waals surface area (Å²) in [6.45, 7) is 0.465. The molecule has 2 aromatic carbocycles. The predicted octanol–water partition coefficient (Wildman–Crippen LogP) is 5.52. The van der Waals surface area contributed by atoms with E-state index in [0.29, 0.717) is 46.5 Å². The second-order valence-electron chi connectivity index (χ2n) is 10.1. The van der Waals surface area contributed by atoms with Crippen LogP contribution in [0.3, 0.4) is 0 Å². The minimum atomic E-state index is -3.29. The molecule has 0 aliphatic carbocycles. The standard InChI is InChI=1S/C30H28ClFN4O5S2/c1-43(39,40)12-10-36(30(37)38)24-14-21(33-17-24)5-6-23-16-28-25(9-11-42-28)29(35-23)34-22-7-8-27(26(31)15-22)41-18-19-3-2-4-20(32)13-19/h2-4,7-9,11,13,15-16,21,24,33H,10,12,14,17-18H2,1H3,(H,34,35)(H,37,38)/t21-,24-/m1/s1. The number of hydrogen-bond donors (Lipinski definition) is 3. The number of amides is 1. The molecule has 5 rings (SSSR count). The molecule has 4 aromatic rings. The number of ether oxygens (including phenoxy) is 1. The molecular weight excluding hydrogens is 615 g/mol. The van der Waals surface area contributed by atoms with E-state index < -0.39 is 15.9 Å². The number of anilines is 2. The first-order chi connectivity index (χ1) is 20.5. The molecule has 0 unspecified atom stereocenters. The van der Waals surface area contributed by atoms with E-state index in [4.69, 9.17) is 21.3 Å². The van der Waals surface area contributed by atoms with Crippen LogP contribution in [-0.4, -0.2) is 66.7 Å². The lowest BCUT2D eigenvalue weighted by molar-refractivity contribution is 0.131. The van der Waals surface area contributed by atoms with Gasteiger partial charge in [-0.25, -0.2) is 22.6 Å². The smallest absolute Gasteiger partial charge is 0.407 e. The van der Waals surface area contributed by atoms with E-state index in [0.717, 1.165) is 21.2 Å². The zero-order valence-corrected chi connectivity index (χ0v) is 25.4. The van der Waals surface area contributed by atoms with Crippen LogP contribution in [0.4, 0.5) is 20.7 Å². The number of fused-ring (bicyclic) bond motifs is 1. The Morgan fingerprint density at radius 3 is 2.86 bits per heavy atom. The SMILES string of the molecule is CS(=O)(=O)CCN(C(=O)O)[C@H]1CN[C@H](C#Cc2cc3sccc3c(Nc3ccc(OCc4cccc(F)c4)c(Cl)c3)n2)C1. The van der Waals surface area contributed by atoms with Crippen LogP contribution in [0.25, 0.3) is 10.1 Å². The first kappa shape index (κ1) is 30.6. The van der Waals surface area contributed by atoms with Crippen LogP contribution in [-0.2, 0) is 16.4 Å². The topological polar surface area (TPSA) is 121 Å². The Morgan fingerprint density at radius 2 is 2.12 bits per heavy atom. The highest BCUT2D eigenvalue weighted by atomic mass is 35.5. The fourth-order valence-electron chi connectivity index (χ4n) is 4.67. The average Bonchev–Trinajstić information content (AvgIpc) is 3.61. The van der Waals surface area contributed by atoms with Gasteiger partial charge in [0.15, 0.2) is 0 Å². The Morgan fingerprint density at radius 1 is 1.28 bits per heavy atom. The van der Waals surface area contributed by atoms with Gasteiger partial charge in [-0.2, -0.15) is 0 Å². The van der Waals surface area contributed by atoms with Crippen molar-refractivity contribution in [3.63, 3.8) is 0 Å². The molecule has 0 radical (unpaired) electrons. The molecule has 3 N–H and O–H groups in total. The number of carboxylic acid groups (broad SMARTS) is 1. The first-order valence-corrected chi connectivity index (χ1v) is 16.6. The third-order valence-electron chi connectivity index (χ3n) is 6.80. The maximum absolute atomic E-state index is 13.5. The highest BCUT2D eigenvalue weighted by molar-refractivity contribution is 7.90. The number of hydrogen-bond acceptors (Lipinski definition) is 8. The van der Waals surface area contributed by atoms with E-state index in [-0.39, 0.29) is 36.8 Å². The number of sulfone groups is 1. The molecule has 1 fully saturated rings. The van der Waals surface area contributed by atoms with Crippen molar-refractivity contribution in [2.24, 2.45) is 0 Å². The van der Waals surface area contributed by atoms with Crippen LogP contribution >= 0.6 is 22.9 Å². The van der Waals surface area contributed by atoms with Crippen LogP contribution in [0.15, 0.2) is 60.0 Å². The van der Waals surface area contributed by atoms with Gasteiger partial charge in [-0.1, -0.05) is 29.7 Å². The van der Waals surface area contributed by atoms with Crippen molar-refractivity contribution in [1.29, 1.82) is 0 Å². The van der Waals surface area contributed by atoms with Crippen molar-refractivity contribution < 1.29 is 27.4 Å². The Balaban J connectivity index is 1.27. The highest BCUT2D eigenvalue weighted by Crippen LogP contribution is 2.33. The van der Waals surface area contributed by atoms with Gasteiger partial charge in [0.2, 0.25) is 0 Å². The van der Waals surface area contributed by atoms with Crippen LogP contribution < -0.4 is 15.4 Å². The zero-order valence-electron chi connectivity index (χ0n) is 23.0. The number of pyridine rings is 1. The maximum Gasteiger partial charge on any atom is 0.407 e. The number of rotatable bonds is 9. The number of thiophene rings is 1. The summed E-state index contributed by atoms with van der Waals surface area (Å²) in [4.78, 5) is 17.6. The zero-order chi connectivity index (χ0) is 30.6. The minimum absolute atomic E-state index is 0.0869. The fraction of sp³-hybridized carbons (Fsp3) is 0.267. The average molecular weight is 643 g/mol. The number of carbonyl (C=O) groups is 1. The summed E-state index contributed by atoms with van der Waals surface area (Å²) in [6, 6.07) is 14.7. The third kappa shape index (κ3) is 8.14. The van der Waals surface area contributed by atoms with Gasteiger partial charge in [-0.15, -0.1) is 11.3 Å². The van der Waals surface area contributed by atoms with Crippen molar-refractivity contribution in [2.45, 2.75) is 25.1 Å². The van der Waals surface area contributed by atoms with E-state index in [1.807, 2.05) is 23.6 Å². The molecule has 3 heterocycles. The molecule has 224 valence electrons. The summed E-state index contributed by atoms with van der Waals surface area (Å²) in [6.07, 6.45) is 0.363. The number of nitrogens with zero attached hydrogens (tertiary/aromatic N) is 2. The summed E-state index contributed by atoms with van der Waals surface area (Å²) in [5.74, 6) is 6.75. The Bertz CT molecular complexity index is 1820. The molecule has 13 heteroatoms. The van der Waals surface area contributed by atoms with Crippen molar-refractivity contribution in [3.8, 4) is 17.6 Å². The molecule has 2 aromatic heterocycles. The molecule has 0 spiro atoms. The first-order valence-electron chi connectivity index (χ1n) is 13.3. The van der Waals surface area contributed by atoms with Gasteiger partial charge >= 0.3 is 6.09 Å². The number of aromatic nitrogens is 1. The lowest BCUT2D eigenvalue weighted by atomic mass is 10.1. The molecule has 1 aliphatic rings. The van der Waals surface area contributed by atoms with E-state index in [1.54, 1.807) is 35.6 Å². The summed E-state index contributed by atoms with van der Waals surface area (Å²) in [5.41, 5.74) is 1.92. The Labute approximate surface area is 257 Å². The molecule has 1 saturated heterocycles. The van der Waals surface area contributed by atoms with Crippen LogP contribution in [0.1, 0.15) is 17.7 Å². The van der Waals surface area contributed by atoms with Gasteiger partial charge in [0.25, 0.3) is 0 Å². The Kier molecular flexibility index (Phi) is 9.37. The maximum atomic E-state index is 13.5. The van der Waals surface area contributed by atoms with E-state index >= 15 is 0 Å². The lowest BCUT2D eigenvalue weighted by Crippen LogP contribution is -2.43. The highest BCUT2D eigenvalue weighted by Gasteiger charge is 2.31. The normalized spacial score (nSPS) is 16.4. The largest absolute Gasteiger partial charge is 0.487 e. The molecule has 1 aliphatic heterocycles. The second-order valence-corrected chi connectivity index (χ2v) is 13.7. The van der Waals surface area contributed by atoms with Crippen molar-refractivity contribution in [1.82, 2.24) is 15.2 Å². The minimum Gasteiger partial charge on any atom is -0.487 e. The van der Waals surface area contributed by atoms with Gasteiger partial charge in [0.1, 0.15) is 39.5 Å². The van der Waals surface area contributed by atoms with Crippen molar-refractivity contribution in [2.75, 3.05) is 30.4 Å². The van der Waals surface area contributed by atoms with Gasteiger partial charge in [-0.05, 0) is 65.7 Å². The molecule has 43 heavy (non-hydrogen) atoms. The van der Waals surface area contributed by atoms with Crippen molar-refractivity contribution >= 4 is 60.5 Å². The van der Waals surface area contributed by atoms with Gasteiger partial charge in [0, 0.05) is 41.2 Å². The van der Waals surface area contributed by atoms with Crippen LogP contribution in [0, 0.1) is 17.7 Å². The Hall–Kier alpha value is -3.89. The third-order valence-corrected chi connectivity index (χ3v) is 8.88. The molecular formula is C30H28ClFN4O5S2. The molecule has 9 nitrogen and oxygen atoms in total. The van der Waals surface area contributed by atoms with Gasteiger partial charge in [-0.3, -0.25) is 0 Å². The van der Waals surface area contributed by atoms with E-state index in [9.17, 15) is 22.7 Å². The summed E-state index contributed by atoms with van der Waals surface area (Å²) >= 11 is 8.04. The molecule has 0 saturated carbocycles. The van der Waals surface area contributed by atoms with E-state index in [1.165, 1.54) is 12.1 Å². The van der Waals surface area contributed by atoms with Gasteiger partial charge < -0.3 is 25.4 Å². The molecule has 2 atom stereocenters. The molecule has 1 amide bonds. The summed E-state index contributed by atoms with van der Waals surface area (Å²) in [7, 11) is -3.29. The number of nitrogens with one attached hydrogen (secondary N) is 2. The second kappa shape index (κ2) is 13.2. The van der Waals surface area contributed by atoms with Crippen LogP contribution in [0.2, 0.25) is 5.02 Å². The summed E-state index contributed by atoms with van der Waals surface area (Å²) < 4.78 is 43.3. The predicted molar refractivity (Wildman–Crippen MR) is 167 cm³/mol. The van der Waals surface area contributed by atoms with Crippen LogP contribution in [0.5, 0.6) is 5.75 Å². The quantitative estimate of drug-likeness (QED) is 0.204. The van der Waals surface area contributed by atoms with E-state index in [2.05, 4.69) is 22.5 Å². The number of halogens is 2. The van der Waals surface area contributed by atoms with Crippen molar-refractivity contribution in [3.05, 3.63) is 82.1 Å². The fourth-order valence-corrected chi connectivity index (χ4v) is 6.25. The van der Waals surface area contributed by atoms with Gasteiger partial charge in [0.05, 0.1) is 16.8 Å². The monoisotopic (exact) mass is 642 g/mol. The number of benzene rings is 2.